The number of nitrogens with zero attached hydrogens (tertiary/aromatic N) is 1. The van der Waals surface area contributed by atoms with Gasteiger partial charge in [-0.1, -0.05) is 12.1 Å². The van der Waals surface area contributed by atoms with Gasteiger partial charge in [0.1, 0.15) is 11.3 Å². The molecule has 0 saturated carbocycles. The molecule has 0 atom stereocenters. The zero-order chi connectivity index (χ0) is 21.8. The van der Waals surface area contributed by atoms with Crippen LogP contribution in [0, 0.1) is 6.92 Å². The molecule has 0 aliphatic rings. The SMILES string of the molecule is CCNC(=O)Nc1cccc(-c2c(C)c3ccc(OC(=O)N(C)C)cc3oc2=O)c1. The molecule has 3 amide bonds. The van der Waals surface area contributed by atoms with Crippen LogP contribution in [0.15, 0.2) is 51.7 Å². The Balaban J connectivity index is 2.00. The lowest BCUT2D eigenvalue weighted by Crippen LogP contribution is -2.28. The van der Waals surface area contributed by atoms with Crippen molar-refractivity contribution >= 4 is 28.8 Å². The van der Waals surface area contributed by atoms with Gasteiger partial charge in [-0.3, -0.25) is 0 Å². The van der Waals surface area contributed by atoms with E-state index in [1.807, 2.05) is 13.8 Å². The fourth-order valence-corrected chi connectivity index (χ4v) is 3.01. The van der Waals surface area contributed by atoms with Crippen LogP contribution in [-0.2, 0) is 0 Å². The van der Waals surface area contributed by atoms with E-state index in [2.05, 4.69) is 10.6 Å². The normalized spacial score (nSPS) is 10.5. The van der Waals surface area contributed by atoms with Crippen molar-refractivity contribution in [2.24, 2.45) is 0 Å². The van der Waals surface area contributed by atoms with Crippen molar-refractivity contribution in [2.75, 3.05) is 26.0 Å². The second kappa shape index (κ2) is 8.69. The first-order chi connectivity index (χ1) is 14.3. The van der Waals surface area contributed by atoms with Gasteiger partial charge in [0.05, 0.1) is 5.56 Å². The highest BCUT2D eigenvalue weighted by molar-refractivity contribution is 5.91. The number of ether oxygens (including phenoxy) is 1. The lowest BCUT2D eigenvalue weighted by molar-refractivity contribution is 0.172. The minimum Gasteiger partial charge on any atom is -0.422 e. The molecule has 2 aromatic carbocycles. The standard InChI is InChI=1S/C22H23N3O5/c1-5-23-21(27)24-15-8-6-7-14(11-15)19-13(2)17-10-9-16(29-22(28)25(3)4)12-18(17)30-20(19)26/h6-12H,5H2,1-4H3,(H2,23,24,27). The number of carbonyl (C=O) groups excluding carboxylic acids is 2. The third-order valence-corrected chi connectivity index (χ3v) is 4.46. The molecule has 8 heteroatoms. The average Bonchev–Trinajstić information content (AvgIpc) is 2.68. The summed E-state index contributed by atoms with van der Waals surface area (Å²) in [5.74, 6) is 0.282. The van der Waals surface area contributed by atoms with Crippen LogP contribution in [0.5, 0.6) is 5.75 Å². The summed E-state index contributed by atoms with van der Waals surface area (Å²) in [5.41, 5.74) is 2.11. The summed E-state index contributed by atoms with van der Waals surface area (Å²) in [6.07, 6.45) is -0.526. The number of fused-ring (bicyclic) bond motifs is 1. The topological polar surface area (TPSA) is 101 Å². The molecule has 0 radical (unpaired) electrons. The van der Waals surface area contributed by atoms with Crippen LogP contribution in [0.3, 0.4) is 0 Å². The van der Waals surface area contributed by atoms with Gasteiger partial charge in [-0.25, -0.2) is 14.4 Å². The van der Waals surface area contributed by atoms with Crippen LogP contribution in [-0.4, -0.2) is 37.7 Å². The average molecular weight is 409 g/mol. The number of nitrogens with one attached hydrogen (secondary N) is 2. The second-order valence-corrected chi connectivity index (χ2v) is 6.88. The van der Waals surface area contributed by atoms with Crippen LogP contribution in [0.4, 0.5) is 15.3 Å². The maximum atomic E-state index is 12.7. The van der Waals surface area contributed by atoms with Crippen LogP contribution >= 0.6 is 0 Å². The van der Waals surface area contributed by atoms with Crippen molar-refractivity contribution in [3.8, 4) is 16.9 Å². The summed E-state index contributed by atoms with van der Waals surface area (Å²) in [6.45, 7) is 4.15. The van der Waals surface area contributed by atoms with E-state index in [-0.39, 0.29) is 11.8 Å². The predicted molar refractivity (Wildman–Crippen MR) is 115 cm³/mol. The second-order valence-electron chi connectivity index (χ2n) is 6.88. The Kier molecular flexibility index (Phi) is 6.06. The number of aryl methyl sites for hydroxylation is 1. The van der Waals surface area contributed by atoms with Gasteiger partial charge in [0.2, 0.25) is 0 Å². The molecule has 3 aromatic rings. The fraction of sp³-hybridized carbons (Fsp3) is 0.227. The van der Waals surface area contributed by atoms with Crippen molar-refractivity contribution in [2.45, 2.75) is 13.8 Å². The fourth-order valence-electron chi connectivity index (χ4n) is 3.01. The van der Waals surface area contributed by atoms with E-state index in [0.29, 0.717) is 28.9 Å². The third kappa shape index (κ3) is 4.43. The smallest absolute Gasteiger partial charge is 0.414 e. The molecule has 0 aliphatic carbocycles. The molecular formula is C22H23N3O5. The molecule has 0 saturated heterocycles. The number of benzene rings is 2. The first kappa shape index (κ1) is 20.9. The van der Waals surface area contributed by atoms with Crippen molar-refractivity contribution in [3.63, 3.8) is 0 Å². The van der Waals surface area contributed by atoms with Gasteiger partial charge in [0.25, 0.3) is 0 Å². The van der Waals surface area contributed by atoms with Crippen molar-refractivity contribution in [1.82, 2.24) is 10.2 Å². The molecule has 0 unspecified atom stereocenters. The minimum atomic E-state index is -0.526. The van der Waals surface area contributed by atoms with Gasteiger partial charge in [-0.15, -0.1) is 0 Å². The third-order valence-electron chi connectivity index (χ3n) is 4.46. The van der Waals surface area contributed by atoms with Crippen LogP contribution in [0.2, 0.25) is 0 Å². The lowest BCUT2D eigenvalue weighted by atomic mass is 9.99. The molecule has 1 aromatic heterocycles. The van der Waals surface area contributed by atoms with Crippen molar-refractivity contribution < 1.29 is 18.7 Å². The number of urea groups is 1. The largest absolute Gasteiger partial charge is 0.422 e. The van der Waals surface area contributed by atoms with E-state index in [1.165, 1.54) is 11.0 Å². The van der Waals surface area contributed by atoms with Crippen molar-refractivity contribution in [1.29, 1.82) is 0 Å². The lowest BCUT2D eigenvalue weighted by Gasteiger charge is -2.12. The summed E-state index contributed by atoms with van der Waals surface area (Å²) in [5, 5.41) is 6.10. The zero-order valence-corrected chi connectivity index (χ0v) is 17.2. The van der Waals surface area contributed by atoms with Crippen LogP contribution in [0.25, 0.3) is 22.1 Å². The highest BCUT2D eigenvalue weighted by Gasteiger charge is 2.16. The predicted octanol–water partition coefficient (Wildman–Crippen LogP) is 3.97. The molecule has 156 valence electrons. The number of hydrogen-bond donors (Lipinski definition) is 2. The Hall–Kier alpha value is -3.81. The Labute approximate surface area is 173 Å². The van der Waals surface area contributed by atoms with Gasteiger partial charge >= 0.3 is 17.7 Å². The molecule has 0 spiro atoms. The Morgan fingerprint density at radius 3 is 2.60 bits per heavy atom. The monoisotopic (exact) mass is 409 g/mol. The Morgan fingerprint density at radius 2 is 1.90 bits per heavy atom. The van der Waals surface area contributed by atoms with E-state index >= 15 is 0 Å². The molecule has 3 rings (SSSR count). The van der Waals surface area contributed by atoms with Gasteiger partial charge in [-0.05, 0) is 49.2 Å². The van der Waals surface area contributed by atoms with Crippen molar-refractivity contribution in [3.05, 3.63) is 58.4 Å². The molecule has 8 nitrogen and oxygen atoms in total. The highest BCUT2D eigenvalue weighted by Crippen LogP contribution is 2.30. The highest BCUT2D eigenvalue weighted by atomic mass is 16.6. The van der Waals surface area contributed by atoms with Crippen LogP contribution in [0.1, 0.15) is 12.5 Å². The van der Waals surface area contributed by atoms with Crippen LogP contribution < -0.4 is 21.0 Å². The molecule has 0 bridgehead atoms. The molecule has 0 fully saturated rings. The maximum absolute atomic E-state index is 12.7. The summed E-state index contributed by atoms with van der Waals surface area (Å²) in [6, 6.07) is 11.6. The number of hydrogen-bond acceptors (Lipinski definition) is 5. The molecule has 2 N–H and O–H groups in total. The first-order valence-corrected chi connectivity index (χ1v) is 9.42. The Bertz CT molecular complexity index is 1170. The summed E-state index contributed by atoms with van der Waals surface area (Å²) in [4.78, 5) is 37.6. The van der Waals surface area contributed by atoms with Gasteiger partial charge in [0, 0.05) is 37.8 Å². The number of carbonyl (C=O) groups is 2. The van der Waals surface area contributed by atoms with E-state index < -0.39 is 11.7 Å². The van der Waals surface area contributed by atoms with E-state index in [4.69, 9.17) is 9.15 Å². The van der Waals surface area contributed by atoms with E-state index in [9.17, 15) is 14.4 Å². The Morgan fingerprint density at radius 1 is 1.13 bits per heavy atom. The number of amides is 3. The first-order valence-electron chi connectivity index (χ1n) is 9.42. The quantitative estimate of drug-likeness (QED) is 0.635. The van der Waals surface area contributed by atoms with E-state index in [0.717, 1.165) is 10.9 Å². The summed E-state index contributed by atoms with van der Waals surface area (Å²) in [7, 11) is 3.16. The van der Waals surface area contributed by atoms with E-state index in [1.54, 1.807) is 50.5 Å². The minimum absolute atomic E-state index is 0.282. The molecule has 1 heterocycles. The molecular weight excluding hydrogens is 386 g/mol. The van der Waals surface area contributed by atoms with Gasteiger partial charge in [-0.2, -0.15) is 0 Å². The number of rotatable bonds is 4. The summed E-state index contributed by atoms with van der Waals surface area (Å²) >= 11 is 0. The maximum Gasteiger partial charge on any atom is 0.414 e. The van der Waals surface area contributed by atoms with Gasteiger partial charge in [0.15, 0.2) is 0 Å². The zero-order valence-electron chi connectivity index (χ0n) is 17.2. The molecule has 0 aliphatic heterocycles. The summed E-state index contributed by atoms with van der Waals surface area (Å²) < 4.78 is 10.7. The van der Waals surface area contributed by atoms with Gasteiger partial charge < -0.3 is 24.7 Å². The molecule has 30 heavy (non-hydrogen) atoms. The number of anilines is 1.